The van der Waals surface area contributed by atoms with Crippen LogP contribution in [0.5, 0.6) is 0 Å². The predicted octanol–water partition coefficient (Wildman–Crippen LogP) is 4.04. The number of carbonyl (C=O) groups is 1. The maximum absolute atomic E-state index is 12.1. The first-order valence-corrected chi connectivity index (χ1v) is 6.61. The maximum Gasteiger partial charge on any atom is 0.136 e. The molecule has 2 atom stereocenters. The van der Waals surface area contributed by atoms with Crippen LogP contribution in [-0.2, 0) is 4.79 Å². The molecular weight excluding hydrogens is 208 g/mol. The Bertz CT molecular complexity index is 223. The quantitative estimate of drug-likeness (QED) is 0.667. The molecule has 0 spiro atoms. The van der Waals surface area contributed by atoms with Crippen LogP contribution in [0.1, 0.15) is 52.9 Å². The van der Waals surface area contributed by atoms with E-state index in [1.165, 1.54) is 19.3 Å². The van der Waals surface area contributed by atoms with Crippen LogP contribution in [0.25, 0.3) is 0 Å². The maximum atomic E-state index is 12.1. The van der Waals surface area contributed by atoms with Crippen LogP contribution in [0.15, 0.2) is 0 Å². The molecule has 0 heterocycles. The Balaban J connectivity index is 2.66. The van der Waals surface area contributed by atoms with Crippen molar-refractivity contribution >= 4 is 17.4 Å². The Morgan fingerprint density at radius 1 is 1.47 bits per heavy atom. The summed E-state index contributed by atoms with van der Waals surface area (Å²) in [7, 11) is 0. The molecule has 1 saturated carbocycles. The monoisotopic (exact) mass is 230 g/mol. The van der Waals surface area contributed by atoms with Crippen LogP contribution in [0, 0.1) is 17.3 Å². The summed E-state index contributed by atoms with van der Waals surface area (Å²) in [6.45, 7) is 6.71. The second kappa shape index (κ2) is 5.34. The van der Waals surface area contributed by atoms with Gasteiger partial charge in [0.2, 0.25) is 0 Å². The highest BCUT2D eigenvalue weighted by atomic mass is 35.5. The minimum atomic E-state index is 0.195. The third kappa shape index (κ3) is 3.21. The van der Waals surface area contributed by atoms with Gasteiger partial charge in [-0.25, -0.2) is 0 Å². The van der Waals surface area contributed by atoms with E-state index in [-0.39, 0.29) is 11.3 Å². The van der Waals surface area contributed by atoms with E-state index in [2.05, 4.69) is 20.8 Å². The highest BCUT2D eigenvalue weighted by Crippen LogP contribution is 2.44. The molecule has 0 amide bonds. The van der Waals surface area contributed by atoms with E-state index in [1.807, 2.05) is 0 Å². The number of carbonyl (C=O) groups excluding carboxylic acids is 1. The molecule has 1 nitrogen and oxygen atoms in total. The van der Waals surface area contributed by atoms with Gasteiger partial charge < -0.3 is 0 Å². The minimum absolute atomic E-state index is 0.195. The first-order valence-electron chi connectivity index (χ1n) is 6.07. The Hall–Kier alpha value is -0.0400. The first kappa shape index (κ1) is 13.0. The van der Waals surface area contributed by atoms with Gasteiger partial charge >= 0.3 is 0 Å². The van der Waals surface area contributed by atoms with Gasteiger partial charge in [0.25, 0.3) is 0 Å². The fourth-order valence-electron chi connectivity index (χ4n) is 3.12. The molecule has 0 N–H and O–H groups in total. The second-order valence-electron chi connectivity index (χ2n) is 5.59. The van der Waals surface area contributed by atoms with Gasteiger partial charge in [0.05, 0.1) is 0 Å². The van der Waals surface area contributed by atoms with Gasteiger partial charge in [-0.05, 0) is 30.6 Å². The van der Waals surface area contributed by atoms with Crippen LogP contribution in [0.4, 0.5) is 0 Å². The number of Topliss-reactive ketones (excluding diaryl/α,β-unsaturated/α-hetero) is 1. The SMILES string of the molecule is CC1CCCC(C)(C)C1C(=O)CCCCl. The normalized spacial score (nSPS) is 30.1. The summed E-state index contributed by atoms with van der Waals surface area (Å²) >= 11 is 5.64. The van der Waals surface area contributed by atoms with E-state index < -0.39 is 0 Å². The van der Waals surface area contributed by atoms with Crippen molar-refractivity contribution in [1.29, 1.82) is 0 Å². The summed E-state index contributed by atoms with van der Waals surface area (Å²) in [6.07, 6.45) is 5.17. The summed E-state index contributed by atoms with van der Waals surface area (Å²) in [5.74, 6) is 1.85. The van der Waals surface area contributed by atoms with E-state index in [4.69, 9.17) is 11.6 Å². The summed E-state index contributed by atoms with van der Waals surface area (Å²) in [4.78, 5) is 12.1. The van der Waals surface area contributed by atoms with Crippen molar-refractivity contribution < 1.29 is 4.79 Å². The molecule has 0 aromatic carbocycles. The molecule has 0 bridgehead atoms. The molecule has 15 heavy (non-hydrogen) atoms. The first-order chi connectivity index (χ1) is 6.99. The molecule has 0 saturated heterocycles. The van der Waals surface area contributed by atoms with Gasteiger partial charge in [-0.3, -0.25) is 4.79 Å². The summed E-state index contributed by atoms with van der Waals surface area (Å²) in [6, 6.07) is 0. The molecule has 2 unspecified atom stereocenters. The molecular formula is C13H23ClO. The fraction of sp³-hybridized carbons (Fsp3) is 0.923. The van der Waals surface area contributed by atoms with E-state index in [9.17, 15) is 4.79 Å². The van der Waals surface area contributed by atoms with Gasteiger partial charge in [-0.1, -0.05) is 27.2 Å². The number of hydrogen-bond acceptors (Lipinski definition) is 1. The van der Waals surface area contributed by atoms with Crippen LogP contribution in [0.2, 0.25) is 0 Å². The largest absolute Gasteiger partial charge is 0.299 e. The lowest BCUT2D eigenvalue weighted by atomic mass is 9.62. The zero-order chi connectivity index (χ0) is 11.5. The lowest BCUT2D eigenvalue weighted by molar-refractivity contribution is -0.130. The molecule has 88 valence electrons. The van der Waals surface area contributed by atoms with Gasteiger partial charge in [0.1, 0.15) is 5.78 Å². The predicted molar refractivity (Wildman–Crippen MR) is 65.2 cm³/mol. The third-order valence-electron chi connectivity index (χ3n) is 3.80. The van der Waals surface area contributed by atoms with E-state index >= 15 is 0 Å². The van der Waals surface area contributed by atoms with Gasteiger partial charge in [0.15, 0.2) is 0 Å². The van der Waals surface area contributed by atoms with Gasteiger partial charge in [-0.15, -0.1) is 11.6 Å². The molecule has 0 aliphatic heterocycles. The molecule has 1 aliphatic carbocycles. The zero-order valence-corrected chi connectivity index (χ0v) is 10.9. The second-order valence-corrected chi connectivity index (χ2v) is 5.97. The van der Waals surface area contributed by atoms with E-state index in [1.54, 1.807) is 0 Å². The van der Waals surface area contributed by atoms with Crippen molar-refractivity contribution in [3.8, 4) is 0 Å². The number of halogens is 1. The Morgan fingerprint density at radius 3 is 2.67 bits per heavy atom. The topological polar surface area (TPSA) is 17.1 Å². The smallest absolute Gasteiger partial charge is 0.136 e. The molecule has 1 rings (SSSR count). The fourth-order valence-corrected chi connectivity index (χ4v) is 3.26. The highest BCUT2D eigenvalue weighted by molar-refractivity contribution is 6.17. The lowest BCUT2D eigenvalue weighted by Crippen LogP contribution is -2.39. The Morgan fingerprint density at radius 2 is 2.13 bits per heavy atom. The van der Waals surface area contributed by atoms with Crippen molar-refractivity contribution in [2.75, 3.05) is 5.88 Å². The van der Waals surface area contributed by atoms with Crippen LogP contribution >= 0.6 is 11.6 Å². The standard InChI is InChI=1S/C13H23ClO/c1-10-6-4-8-13(2,3)12(10)11(15)7-5-9-14/h10,12H,4-9H2,1-3H3. The van der Waals surface area contributed by atoms with Crippen LogP contribution in [0.3, 0.4) is 0 Å². The Kier molecular flexibility index (Phi) is 4.64. The molecule has 1 fully saturated rings. The number of hydrogen-bond donors (Lipinski definition) is 0. The minimum Gasteiger partial charge on any atom is -0.299 e. The van der Waals surface area contributed by atoms with Gasteiger partial charge in [-0.2, -0.15) is 0 Å². The number of ketones is 1. The van der Waals surface area contributed by atoms with Crippen molar-refractivity contribution in [3.63, 3.8) is 0 Å². The van der Waals surface area contributed by atoms with E-state index in [0.717, 1.165) is 6.42 Å². The van der Waals surface area contributed by atoms with Crippen molar-refractivity contribution in [3.05, 3.63) is 0 Å². The van der Waals surface area contributed by atoms with Crippen molar-refractivity contribution in [2.45, 2.75) is 52.9 Å². The lowest BCUT2D eigenvalue weighted by Gasteiger charge is -2.42. The Labute approximate surface area is 98.6 Å². The summed E-state index contributed by atoms with van der Waals surface area (Å²) in [5, 5.41) is 0. The molecule has 0 aromatic heterocycles. The molecule has 1 aliphatic rings. The van der Waals surface area contributed by atoms with Gasteiger partial charge in [0, 0.05) is 18.2 Å². The molecule has 2 heteroatoms. The average Bonchev–Trinajstić information content (AvgIpc) is 2.13. The van der Waals surface area contributed by atoms with E-state index in [0.29, 0.717) is 24.0 Å². The highest BCUT2D eigenvalue weighted by Gasteiger charge is 2.40. The third-order valence-corrected chi connectivity index (χ3v) is 4.06. The number of rotatable bonds is 4. The van der Waals surface area contributed by atoms with Crippen molar-refractivity contribution in [2.24, 2.45) is 17.3 Å². The molecule has 0 radical (unpaired) electrons. The van der Waals surface area contributed by atoms with Crippen molar-refractivity contribution in [1.82, 2.24) is 0 Å². The molecule has 0 aromatic rings. The summed E-state index contributed by atoms with van der Waals surface area (Å²) < 4.78 is 0. The number of alkyl halides is 1. The van der Waals surface area contributed by atoms with Crippen LogP contribution < -0.4 is 0 Å². The summed E-state index contributed by atoms with van der Waals surface area (Å²) in [5.41, 5.74) is 0.195. The average molecular weight is 231 g/mol. The van der Waals surface area contributed by atoms with Crippen LogP contribution in [-0.4, -0.2) is 11.7 Å². The zero-order valence-electron chi connectivity index (χ0n) is 10.2.